The molecule has 0 aliphatic rings. The molecule has 1 heterocycles. The van der Waals surface area contributed by atoms with Gasteiger partial charge in [0.15, 0.2) is 5.13 Å². The number of nitrogens with zero attached hydrogens (tertiary/aromatic N) is 1. The standard InChI is InChI=1S/C16H19N3O2S/c1-10(20)17-12-7-5-11(6-8-12)13-9-22-15(18-13)19-14(21)16(2,3)4/h5-9H,1-4H3,(H,17,20)(H,18,19,21). The van der Waals surface area contributed by atoms with Crippen LogP contribution in [-0.2, 0) is 9.59 Å². The summed E-state index contributed by atoms with van der Waals surface area (Å²) in [6.45, 7) is 7.05. The molecule has 2 amide bonds. The van der Waals surface area contributed by atoms with E-state index in [1.54, 1.807) is 0 Å². The molecule has 22 heavy (non-hydrogen) atoms. The molecule has 5 nitrogen and oxygen atoms in total. The predicted molar refractivity (Wildman–Crippen MR) is 89.9 cm³/mol. The summed E-state index contributed by atoms with van der Waals surface area (Å²) in [5, 5.41) is 8.02. The Bertz CT molecular complexity index is 684. The Morgan fingerprint density at radius 2 is 1.73 bits per heavy atom. The lowest BCUT2D eigenvalue weighted by molar-refractivity contribution is -0.123. The second-order valence-electron chi connectivity index (χ2n) is 6.00. The number of carbonyl (C=O) groups is 2. The quantitative estimate of drug-likeness (QED) is 0.905. The van der Waals surface area contributed by atoms with Crippen molar-refractivity contribution in [3.05, 3.63) is 29.6 Å². The van der Waals surface area contributed by atoms with Gasteiger partial charge in [0, 0.05) is 29.0 Å². The van der Waals surface area contributed by atoms with Crippen LogP contribution in [0.1, 0.15) is 27.7 Å². The number of nitrogens with one attached hydrogen (secondary N) is 2. The Hall–Kier alpha value is -2.21. The smallest absolute Gasteiger partial charge is 0.231 e. The topological polar surface area (TPSA) is 71.1 Å². The Kier molecular flexibility index (Phi) is 4.61. The zero-order valence-corrected chi connectivity index (χ0v) is 13.9. The highest BCUT2D eigenvalue weighted by molar-refractivity contribution is 7.14. The lowest BCUT2D eigenvalue weighted by atomic mass is 9.96. The molecule has 1 aromatic carbocycles. The summed E-state index contributed by atoms with van der Waals surface area (Å²) in [6, 6.07) is 7.42. The number of carbonyl (C=O) groups excluding carboxylic acids is 2. The van der Waals surface area contributed by atoms with E-state index in [-0.39, 0.29) is 11.8 Å². The molecule has 2 aromatic rings. The first kappa shape index (κ1) is 16.2. The summed E-state index contributed by atoms with van der Waals surface area (Å²) in [5.74, 6) is -0.164. The third-order valence-corrected chi connectivity index (χ3v) is 3.66. The molecule has 0 atom stereocenters. The Morgan fingerprint density at radius 3 is 2.27 bits per heavy atom. The van der Waals surface area contributed by atoms with Gasteiger partial charge in [0.2, 0.25) is 11.8 Å². The number of aromatic nitrogens is 1. The van der Waals surface area contributed by atoms with Gasteiger partial charge in [-0.2, -0.15) is 0 Å². The highest BCUT2D eigenvalue weighted by Gasteiger charge is 2.22. The number of anilines is 2. The molecule has 0 radical (unpaired) electrons. The fraction of sp³-hybridized carbons (Fsp3) is 0.312. The van der Waals surface area contributed by atoms with Gasteiger partial charge in [0.1, 0.15) is 0 Å². The number of benzene rings is 1. The van der Waals surface area contributed by atoms with Gasteiger partial charge >= 0.3 is 0 Å². The summed E-state index contributed by atoms with van der Waals surface area (Å²) < 4.78 is 0. The van der Waals surface area contributed by atoms with Crippen molar-refractivity contribution >= 4 is 34.0 Å². The van der Waals surface area contributed by atoms with E-state index < -0.39 is 5.41 Å². The summed E-state index contributed by atoms with van der Waals surface area (Å²) >= 11 is 1.39. The van der Waals surface area contributed by atoms with Gasteiger partial charge in [-0.05, 0) is 12.1 Å². The second kappa shape index (κ2) is 6.27. The molecule has 116 valence electrons. The van der Waals surface area contributed by atoms with Crippen molar-refractivity contribution in [2.75, 3.05) is 10.6 Å². The van der Waals surface area contributed by atoms with Gasteiger partial charge in [-0.15, -0.1) is 11.3 Å². The Balaban J connectivity index is 2.11. The number of rotatable bonds is 3. The number of amides is 2. The van der Waals surface area contributed by atoms with Crippen molar-refractivity contribution in [3.63, 3.8) is 0 Å². The minimum atomic E-state index is -0.453. The van der Waals surface area contributed by atoms with E-state index in [2.05, 4.69) is 15.6 Å². The molecule has 0 bridgehead atoms. The number of hydrogen-bond donors (Lipinski definition) is 2. The first-order valence-electron chi connectivity index (χ1n) is 6.91. The first-order valence-corrected chi connectivity index (χ1v) is 7.78. The molecule has 0 aliphatic carbocycles. The molecule has 2 rings (SSSR count). The van der Waals surface area contributed by atoms with E-state index in [9.17, 15) is 9.59 Å². The van der Waals surface area contributed by atoms with Gasteiger partial charge in [0.25, 0.3) is 0 Å². The molecule has 0 spiro atoms. The maximum Gasteiger partial charge on any atom is 0.231 e. The third-order valence-electron chi connectivity index (χ3n) is 2.91. The van der Waals surface area contributed by atoms with Crippen LogP contribution < -0.4 is 10.6 Å². The Labute approximate surface area is 133 Å². The van der Waals surface area contributed by atoms with Crippen LogP contribution in [0.2, 0.25) is 0 Å². The average Bonchev–Trinajstić information content (AvgIpc) is 2.86. The molecular weight excluding hydrogens is 298 g/mol. The lowest BCUT2D eigenvalue weighted by Crippen LogP contribution is -2.27. The molecule has 0 fully saturated rings. The SMILES string of the molecule is CC(=O)Nc1ccc(-c2csc(NC(=O)C(C)(C)C)n2)cc1. The molecule has 6 heteroatoms. The summed E-state index contributed by atoms with van der Waals surface area (Å²) in [5.41, 5.74) is 2.02. The van der Waals surface area contributed by atoms with Crippen LogP contribution in [0.5, 0.6) is 0 Å². The summed E-state index contributed by atoms with van der Waals surface area (Å²) in [4.78, 5) is 27.4. The van der Waals surface area contributed by atoms with Gasteiger partial charge in [-0.25, -0.2) is 4.98 Å². The van der Waals surface area contributed by atoms with E-state index in [1.165, 1.54) is 18.3 Å². The monoisotopic (exact) mass is 317 g/mol. The van der Waals surface area contributed by atoms with Crippen LogP contribution >= 0.6 is 11.3 Å². The molecule has 1 aromatic heterocycles. The largest absolute Gasteiger partial charge is 0.326 e. The zero-order valence-electron chi connectivity index (χ0n) is 13.1. The first-order chi connectivity index (χ1) is 10.3. The van der Waals surface area contributed by atoms with Gasteiger partial charge in [0.05, 0.1) is 5.69 Å². The van der Waals surface area contributed by atoms with E-state index in [4.69, 9.17) is 0 Å². The van der Waals surface area contributed by atoms with E-state index in [1.807, 2.05) is 50.4 Å². The summed E-state index contributed by atoms with van der Waals surface area (Å²) in [6.07, 6.45) is 0. The van der Waals surface area contributed by atoms with Crippen molar-refractivity contribution in [1.82, 2.24) is 4.98 Å². The van der Waals surface area contributed by atoms with Crippen LogP contribution in [0, 0.1) is 5.41 Å². The van der Waals surface area contributed by atoms with Crippen molar-refractivity contribution in [2.24, 2.45) is 5.41 Å². The van der Waals surface area contributed by atoms with Crippen LogP contribution in [0.3, 0.4) is 0 Å². The van der Waals surface area contributed by atoms with E-state index >= 15 is 0 Å². The minimum absolute atomic E-state index is 0.0607. The highest BCUT2D eigenvalue weighted by atomic mass is 32.1. The van der Waals surface area contributed by atoms with Crippen LogP contribution in [0.15, 0.2) is 29.6 Å². The molecular formula is C16H19N3O2S. The molecule has 2 N–H and O–H groups in total. The Morgan fingerprint density at radius 1 is 1.09 bits per heavy atom. The van der Waals surface area contributed by atoms with Crippen LogP contribution in [-0.4, -0.2) is 16.8 Å². The molecule has 0 saturated heterocycles. The molecule has 0 unspecified atom stereocenters. The maximum absolute atomic E-state index is 11.9. The number of thiazole rings is 1. The molecule has 0 aliphatic heterocycles. The third kappa shape index (κ3) is 4.14. The number of hydrogen-bond acceptors (Lipinski definition) is 4. The van der Waals surface area contributed by atoms with Gasteiger partial charge in [-0.1, -0.05) is 32.9 Å². The predicted octanol–water partition coefficient (Wildman–Crippen LogP) is 3.75. The molecule has 0 saturated carbocycles. The second-order valence-corrected chi connectivity index (χ2v) is 6.86. The summed E-state index contributed by atoms with van der Waals surface area (Å²) in [7, 11) is 0. The normalized spacial score (nSPS) is 11.1. The maximum atomic E-state index is 11.9. The lowest BCUT2D eigenvalue weighted by Gasteiger charge is -2.15. The van der Waals surface area contributed by atoms with Gasteiger partial charge in [-0.3, -0.25) is 9.59 Å². The van der Waals surface area contributed by atoms with Crippen molar-refractivity contribution in [3.8, 4) is 11.3 Å². The van der Waals surface area contributed by atoms with Crippen molar-refractivity contribution < 1.29 is 9.59 Å². The zero-order chi connectivity index (χ0) is 16.3. The van der Waals surface area contributed by atoms with Crippen molar-refractivity contribution in [1.29, 1.82) is 0 Å². The minimum Gasteiger partial charge on any atom is -0.326 e. The average molecular weight is 317 g/mol. The fourth-order valence-electron chi connectivity index (χ4n) is 1.68. The van der Waals surface area contributed by atoms with E-state index in [0.29, 0.717) is 5.13 Å². The fourth-order valence-corrected chi connectivity index (χ4v) is 2.39. The van der Waals surface area contributed by atoms with E-state index in [0.717, 1.165) is 16.9 Å². The highest BCUT2D eigenvalue weighted by Crippen LogP contribution is 2.27. The van der Waals surface area contributed by atoms with Gasteiger partial charge < -0.3 is 10.6 Å². The van der Waals surface area contributed by atoms with Crippen LogP contribution in [0.4, 0.5) is 10.8 Å². The van der Waals surface area contributed by atoms with Crippen LogP contribution in [0.25, 0.3) is 11.3 Å². The van der Waals surface area contributed by atoms with Crippen molar-refractivity contribution in [2.45, 2.75) is 27.7 Å².